The van der Waals surface area contributed by atoms with Gasteiger partial charge in [0.1, 0.15) is 0 Å². The summed E-state index contributed by atoms with van der Waals surface area (Å²) in [7, 11) is -2.16. The minimum Gasteiger partial charge on any atom is -0.338 e. The summed E-state index contributed by atoms with van der Waals surface area (Å²) in [6.07, 6.45) is 0. The first-order valence-corrected chi connectivity index (χ1v) is 11.9. The van der Waals surface area contributed by atoms with E-state index in [0.29, 0.717) is 16.0 Å². The van der Waals surface area contributed by atoms with Crippen LogP contribution in [-0.4, -0.2) is 23.1 Å². The highest BCUT2D eigenvalue weighted by atomic mass is 32.2. The molecule has 10 heteroatoms. The van der Waals surface area contributed by atoms with Gasteiger partial charge in [0.15, 0.2) is 0 Å². The van der Waals surface area contributed by atoms with Gasteiger partial charge in [0, 0.05) is 12.6 Å². The molecular formula is C21H22N4O4S2. The van der Waals surface area contributed by atoms with Crippen molar-refractivity contribution in [3.63, 3.8) is 0 Å². The molecule has 0 saturated heterocycles. The first-order valence-electron chi connectivity index (χ1n) is 9.57. The van der Waals surface area contributed by atoms with Crippen molar-refractivity contribution in [3.8, 4) is 11.4 Å². The fourth-order valence-corrected chi connectivity index (χ4v) is 5.08. The first kappa shape index (κ1) is 21.4. The summed E-state index contributed by atoms with van der Waals surface area (Å²) >= 11 is 1.00. The van der Waals surface area contributed by atoms with Crippen LogP contribution in [0.15, 0.2) is 56.7 Å². The molecule has 0 spiro atoms. The Morgan fingerprint density at radius 3 is 2.52 bits per heavy atom. The second kappa shape index (κ2) is 7.70. The zero-order valence-corrected chi connectivity index (χ0v) is 19.2. The predicted molar refractivity (Wildman–Crippen MR) is 120 cm³/mol. The lowest BCUT2D eigenvalue weighted by Crippen LogP contribution is -2.23. The van der Waals surface area contributed by atoms with Crippen LogP contribution in [0.2, 0.25) is 0 Å². The molecule has 1 N–H and O–H groups in total. The van der Waals surface area contributed by atoms with Crippen LogP contribution in [0, 0.1) is 0 Å². The van der Waals surface area contributed by atoms with Crippen LogP contribution < -0.4 is 9.60 Å². The highest BCUT2D eigenvalue weighted by Crippen LogP contribution is 2.25. The van der Waals surface area contributed by atoms with Gasteiger partial charge in [-0.25, -0.2) is 13.1 Å². The molecule has 4 aromatic rings. The zero-order valence-electron chi connectivity index (χ0n) is 17.5. The second-order valence-electron chi connectivity index (χ2n) is 8.22. The van der Waals surface area contributed by atoms with Crippen LogP contribution in [0.4, 0.5) is 0 Å². The van der Waals surface area contributed by atoms with Crippen LogP contribution in [0.1, 0.15) is 32.2 Å². The van der Waals surface area contributed by atoms with E-state index in [9.17, 15) is 13.2 Å². The fourth-order valence-electron chi connectivity index (χ4n) is 3.08. The average Bonchev–Trinajstić information content (AvgIpc) is 3.30. The number of hydrogen-bond acceptors (Lipinski definition) is 7. The van der Waals surface area contributed by atoms with Gasteiger partial charge in [-0.2, -0.15) is 4.98 Å². The molecule has 2 aromatic carbocycles. The largest absolute Gasteiger partial charge is 0.338 e. The molecular weight excluding hydrogens is 436 g/mol. The second-order valence-corrected chi connectivity index (χ2v) is 11.0. The van der Waals surface area contributed by atoms with E-state index in [0.717, 1.165) is 16.9 Å². The summed E-state index contributed by atoms with van der Waals surface area (Å²) in [4.78, 5) is 16.0. The standard InChI is InChI=1S/C21H22N4O4S2/c1-21(2,3)14-7-5-13(6-8-14)19-23-18(29-24-19)12-22-31(27,28)15-9-10-16-17(11-15)30-20(26)25(16)4/h5-11,22H,12H2,1-4H3. The van der Waals surface area contributed by atoms with Crippen molar-refractivity contribution in [2.75, 3.05) is 0 Å². The number of sulfonamides is 1. The van der Waals surface area contributed by atoms with Crippen molar-refractivity contribution < 1.29 is 12.9 Å². The molecule has 0 fully saturated rings. The number of fused-ring (bicyclic) bond motifs is 1. The molecule has 2 heterocycles. The molecule has 2 aromatic heterocycles. The van der Waals surface area contributed by atoms with Gasteiger partial charge in [-0.1, -0.05) is 61.5 Å². The lowest BCUT2D eigenvalue weighted by atomic mass is 9.87. The van der Waals surface area contributed by atoms with Gasteiger partial charge < -0.3 is 9.09 Å². The van der Waals surface area contributed by atoms with Crippen molar-refractivity contribution in [2.45, 2.75) is 37.6 Å². The lowest BCUT2D eigenvalue weighted by Gasteiger charge is -2.18. The summed E-state index contributed by atoms with van der Waals surface area (Å²) < 4.78 is 35.1. The third kappa shape index (κ3) is 4.32. The molecule has 0 saturated carbocycles. The van der Waals surface area contributed by atoms with Crippen molar-refractivity contribution >= 4 is 31.6 Å². The van der Waals surface area contributed by atoms with Gasteiger partial charge in [0.2, 0.25) is 21.7 Å². The molecule has 0 atom stereocenters. The molecule has 8 nitrogen and oxygen atoms in total. The van der Waals surface area contributed by atoms with Crippen molar-refractivity contribution in [2.24, 2.45) is 7.05 Å². The van der Waals surface area contributed by atoms with Gasteiger partial charge in [0.25, 0.3) is 0 Å². The Balaban J connectivity index is 1.49. The molecule has 0 amide bonds. The minimum atomic E-state index is -3.81. The summed E-state index contributed by atoms with van der Waals surface area (Å²) in [6, 6.07) is 12.4. The van der Waals surface area contributed by atoms with Gasteiger partial charge in [-0.15, -0.1) is 0 Å². The molecule has 4 rings (SSSR count). The summed E-state index contributed by atoms with van der Waals surface area (Å²) in [5.74, 6) is 0.550. The minimum absolute atomic E-state index is 0.0397. The van der Waals surface area contributed by atoms with Crippen LogP contribution in [0.5, 0.6) is 0 Å². The first-order chi connectivity index (χ1) is 14.5. The van der Waals surface area contributed by atoms with Crippen LogP contribution in [0.3, 0.4) is 0 Å². The molecule has 0 aliphatic heterocycles. The van der Waals surface area contributed by atoms with Gasteiger partial charge in [0.05, 0.1) is 21.7 Å². The van der Waals surface area contributed by atoms with Crippen molar-refractivity contribution in [3.05, 3.63) is 63.6 Å². The summed E-state index contributed by atoms with van der Waals surface area (Å²) in [5.41, 5.74) is 2.70. The number of nitrogens with zero attached hydrogens (tertiary/aromatic N) is 3. The topological polar surface area (TPSA) is 107 Å². The van der Waals surface area contributed by atoms with Crippen LogP contribution in [0.25, 0.3) is 21.6 Å². The molecule has 31 heavy (non-hydrogen) atoms. The summed E-state index contributed by atoms with van der Waals surface area (Å²) in [5, 5.41) is 3.95. The highest BCUT2D eigenvalue weighted by molar-refractivity contribution is 7.89. The van der Waals surface area contributed by atoms with Crippen LogP contribution >= 0.6 is 11.3 Å². The van der Waals surface area contributed by atoms with Crippen LogP contribution in [-0.2, 0) is 29.0 Å². The van der Waals surface area contributed by atoms with E-state index < -0.39 is 10.0 Å². The van der Waals surface area contributed by atoms with E-state index in [1.807, 2.05) is 24.3 Å². The maximum absolute atomic E-state index is 12.7. The van der Waals surface area contributed by atoms with E-state index in [4.69, 9.17) is 4.52 Å². The molecule has 0 bridgehead atoms. The molecule has 162 valence electrons. The molecule has 0 aliphatic rings. The van der Waals surface area contributed by atoms with Crippen molar-refractivity contribution in [1.29, 1.82) is 0 Å². The van der Waals surface area contributed by atoms with Gasteiger partial charge >= 0.3 is 4.87 Å². The zero-order chi connectivity index (χ0) is 22.4. The Labute approximate surface area is 183 Å². The lowest BCUT2D eigenvalue weighted by molar-refractivity contribution is 0.376. The van der Waals surface area contributed by atoms with Gasteiger partial charge in [-0.05, 0) is 29.2 Å². The van der Waals surface area contributed by atoms with E-state index in [2.05, 4.69) is 35.6 Å². The highest BCUT2D eigenvalue weighted by Gasteiger charge is 2.19. The third-order valence-corrected chi connectivity index (χ3v) is 7.36. The Morgan fingerprint density at radius 2 is 1.84 bits per heavy atom. The Morgan fingerprint density at radius 1 is 1.13 bits per heavy atom. The Bertz CT molecular complexity index is 1410. The molecule has 0 radical (unpaired) electrons. The number of nitrogens with one attached hydrogen (secondary N) is 1. The normalized spacial score (nSPS) is 12.5. The smallest absolute Gasteiger partial charge is 0.307 e. The number of hydrogen-bond donors (Lipinski definition) is 1. The Hall–Kier alpha value is -2.82. The number of thiazole rings is 1. The fraction of sp³-hybridized carbons (Fsp3) is 0.286. The number of rotatable bonds is 5. The maximum atomic E-state index is 12.7. The maximum Gasteiger partial charge on any atom is 0.307 e. The molecule has 0 aliphatic carbocycles. The Kier molecular flexibility index (Phi) is 5.32. The van der Waals surface area contributed by atoms with E-state index in [1.165, 1.54) is 22.3 Å². The van der Waals surface area contributed by atoms with E-state index in [-0.39, 0.29) is 27.6 Å². The van der Waals surface area contributed by atoms with E-state index >= 15 is 0 Å². The SMILES string of the molecule is Cn1c(=O)sc2cc(S(=O)(=O)NCc3nc(-c4ccc(C(C)(C)C)cc4)no3)ccc21. The average molecular weight is 459 g/mol. The number of aryl methyl sites for hydroxylation is 1. The van der Waals surface area contributed by atoms with Crippen molar-refractivity contribution in [1.82, 2.24) is 19.4 Å². The summed E-state index contributed by atoms with van der Waals surface area (Å²) in [6.45, 7) is 6.27. The number of benzene rings is 2. The monoisotopic (exact) mass is 458 g/mol. The quantitative estimate of drug-likeness (QED) is 0.491. The predicted octanol–water partition coefficient (Wildman–Crippen LogP) is 3.43. The third-order valence-electron chi connectivity index (χ3n) is 4.96. The number of aromatic nitrogens is 3. The van der Waals surface area contributed by atoms with Gasteiger partial charge in [-0.3, -0.25) is 4.79 Å². The molecule has 0 unspecified atom stereocenters. The van der Waals surface area contributed by atoms with E-state index in [1.54, 1.807) is 13.1 Å².